The van der Waals surface area contributed by atoms with Crippen LogP contribution in [0.3, 0.4) is 0 Å². The van der Waals surface area contributed by atoms with E-state index in [0.29, 0.717) is 13.1 Å². The third-order valence-electron chi connectivity index (χ3n) is 4.16. The number of imide groups is 1. The van der Waals surface area contributed by atoms with Gasteiger partial charge in [0.15, 0.2) is 0 Å². The van der Waals surface area contributed by atoms with Crippen molar-refractivity contribution < 1.29 is 14.4 Å². The summed E-state index contributed by atoms with van der Waals surface area (Å²) >= 11 is 0. The topological polar surface area (TPSA) is 100 Å². The fourth-order valence-corrected chi connectivity index (χ4v) is 2.89. The number of fused-ring (bicyclic) bond motifs is 1. The van der Waals surface area contributed by atoms with Gasteiger partial charge in [-0.3, -0.25) is 14.5 Å². The van der Waals surface area contributed by atoms with Crippen molar-refractivity contribution in [2.24, 2.45) is 0 Å². The maximum Gasteiger partial charge on any atom is 0.324 e. The molecule has 1 N–H and O–H groups in total. The van der Waals surface area contributed by atoms with E-state index >= 15 is 0 Å². The Morgan fingerprint density at radius 1 is 1.26 bits per heavy atom. The van der Waals surface area contributed by atoms with Crippen molar-refractivity contribution in [2.75, 3.05) is 19.6 Å². The van der Waals surface area contributed by atoms with Crippen LogP contribution in [-0.4, -0.2) is 68.3 Å². The van der Waals surface area contributed by atoms with E-state index in [1.54, 1.807) is 9.58 Å². The van der Waals surface area contributed by atoms with Gasteiger partial charge in [0, 0.05) is 13.1 Å². The molecule has 2 saturated heterocycles. The predicted molar refractivity (Wildman–Crippen MR) is 78.1 cm³/mol. The smallest absolute Gasteiger partial charge is 0.324 e. The fraction of sp³-hybridized carbons (Fsp3) is 0.357. The van der Waals surface area contributed by atoms with Crippen LogP contribution in [-0.2, 0) is 16.1 Å². The molecular weight excluding hydrogens is 300 g/mol. The number of nitrogens with zero attached hydrogens (tertiary/aromatic N) is 5. The summed E-state index contributed by atoms with van der Waals surface area (Å²) in [4.78, 5) is 38.3. The Morgan fingerprint density at radius 2 is 2.04 bits per heavy atom. The number of carbonyl (C=O) groups excluding carboxylic acids is 3. The van der Waals surface area contributed by atoms with E-state index in [1.165, 1.54) is 4.90 Å². The molecule has 2 fully saturated rings. The van der Waals surface area contributed by atoms with Gasteiger partial charge >= 0.3 is 6.03 Å². The van der Waals surface area contributed by atoms with Crippen LogP contribution in [0.5, 0.6) is 0 Å². The molecule has 9 heteroatoms. The van der Waals surface area contributed by atoms with Crippen molar-refractivity contribution in [1.82, 2.24) is 30.1 Å². The number of amides is 4. The van der Waals surface area contributed by atoms with Gasteiger partial charge in [0.2, 0.25) is 11.8 Å². The Hall–Kier alpha value is -2.97. The van der Waals surface area contributed by atoms with Crippen LogP contribution < -0.4 is 5.32 Å². The van der Waals surface area contributed by atoms with Crippen LogP contribution in [0.25, 0.3) is 11.0 Å². The molecule has 0 bridgehead atoms. The highest BCUT2D eigenvalue weighted by Crippen LogP contribution is 2.18. The van der Waals surface area contributed by atoms with Gasteiger partial charge in [-0.05, 0) is 12.1 Å². The molecule has 0 aliphatic carbocycles. The summed E-state index contributed by atoms with van der Waals surface area (Å²) in [6, 6.07) is 6.80. The summed E-state index contributed by atoms with van der Waals surface area (Å²) in [5.41, 5.74) is 1.54. The number of para-hydroxylation sites is 1. The van der Waals surface area contributed by atoms with E-state index in [1.807, 2.05) is 24.3 Å². The molecule has 0 radical (unpaired) electrons. The van der Waals surface area contributed by atoms with Crippen molar-refractivity contribution in [1.29, 1.82) is 0 Å². The second-order valence-corrected chi connectivity index (χ2v) is 5.61. The Bertz CT molecular complexity index is 794. The molecule has 2 aliphatic heterocycles. The molecule has 1 aromatic heterocycles. The number of urea groups is 1. The summed E-state index contributed by atoms with van der Waals surface area (Å²) in [6.45, 7) is 0.858. The first-order chi connectivity index (χ1) is 11.1. The number of rotatable bonds is 3. The van der Waals surface area contributed by atoms with E-state index < -0.39 is 0 Å². The Kier molecular flexibility index (Phi) is 3.00. The van der Waals surface area contributed by atoms with Crippen LogP contribution in [0, 0.1) is 0 Å². The van der Waals surface area contributed by atoms with Crippen molar-refractivity contribution >= 4 is 28.9 Å². The zero-order valence-electron chi connectivity index (χ0n) is 12.2. The molecule has 9 nitrogen and oxygen atoms in total. The monoisotopic (exact) mass is 314 g/mol. The Morgan fingerprint density at radius 3 is 2.78 bits per heavy atom. The van der Waals surface area contributed by atoms with E-state index in [9.17, 15) is 14.4 Å². The predicted octanol–water partition coefficient (Wildman–Crippen LogP) is -0.806. The number of likely N-dealkylation sites (tertiary alicyclic amines) is 1. The molecule has 0 saturated carbocycles. The lowest BCUT2D eigenvalue weighted by atomic mass is 10.1. The average Bonchev–Trinajstić information content (AvgIpc) is 3.04. The largest absolute Gasteiger partial charge is 0.337 e. The number of hydrogen-bond acceptors (Lipinski definition) is 5. The minimum Gasteiger partial charge on any atom is -0.337 e. The molecule has 0 spiro atoms. The molecule has 4 amide bonds. The van der Waals surface area contributed by atoms with Crippen molar-refractivity contribution in [2.45, 2.75) is 12.6 Å². The normalized spacial score (nSPS) is 18.4. The summed E-state index contributed by atoms with van der Waals surface area (Å²) in [6.07, 6.45) is 0. The number of nitrogens with one attached hydrogen (secondary N) is 1. The van der Waals surface area contributed by atoms with Crippen molar-refractivity contribution in [3.05, 3.63) is 24.3 Å². The maximum absolute atomic E-state index is 12.3. The zero-order chi connectivity index (χ0) is 16.0. The maximum atomic E-state index is 12.3. The summed E-state index contributed by atoms with van der Waals surface area (Å²) < 4.78 is 1.55. The molecule has 4 rings (SSSR count). The first-order valence-electron chi connectivity index (χ1n) is 7.29. The molecule has 23 heavy (non-hydrogen) atoms. The lowest BCUT2D eigenvalue weighted by molar-refractivity contribution is -0.142. The van der Waals surface area contributed by atoms with Gasteiger partial charge in [-0.2, -0.15) is 0 Å². The fourth-order valence-electron chi connectivity index (χ4n) is 2.89. The third-order valence-corrected chi connectivity index (χ3v) is 4.16. The van der Waals surface area contributed by atoms with Crippen LogP contribution in [0.1, 0.15) is 0 Å². The first kappa shape index (κ1) is 13.7. The van der Waals surface area contributed by atoms with E-state index in [4.69, 9.17) is 0 Å². The number of benzene rings is 1. The number of carbonyl (C=O) groups is 3. The molecule has 2 aliphatic rings. The van der Waals surface area contributed by atoms with Gasteiger partial charge in [0.1, 0.15) is 12.1 Å². The molecule has 0 unspecified atom stereocenters. The quantitative estimate of drug-likeness (QED) is 0.747. The van der Waals surface area contributed by atoms with Gasteiger partial charge in [0.25, 0.3) is 0 Å². The third kappa shape index (κ3) is 2.20. The van der Waals surface area contributed by atoms with Crippen molar-refractivity contribution in [3.8, 4) is 0 Å². The second kappa shape index (κ2) is 5.04. The number of aromatic nitrogens is 3. The number of hydrogen-bond donors (Lipinski definition) is 1. The van der Waals surface area contributed by atoms with Gasteiger partial charge in [0.05, 0.1) is 18.1 Å². The first-order valence-corrected chi connectivity index (χ1v) is 7.29. The van der Waals surface area contributed by atoms with Gasteiger partial charge in [-0.25, -0.2) is 9.48 Å². The summed E-state index contributed by atoms with van der Waals surface area (Å²) in [7, 11) is 0. The van der Waals surface area contributed by atoms with E-state index in [2.05, 4.69) is 15.6 Å². The van der Waals surface area contributed by atoms with Crippen molar-refractivity contribution in [3.63, 3.8) is 0 Å². The van der Waals surface area contributed by atoms with E-state index in [0.717, 1.165) is 11.0 Å². The standard InChI is InChI=1S/C14H14N6O3/c21-12-5-15-14(23)20(12)9-6-18(7-9)13(22)8-19-11-4-2-1-3-10(11)16-17-19/h1-4,9H,5-8H2,(H,15,23). The molecular formula is C14H14N6O3. The van der Waals surface area contributed by atoms with Crippen LogP contribution in [0.4, 0.5) is 4.79 Å². The van der Waals surface area contributed by atoms with Crippen LogP contribution >= 0.6 is 0 Å². The Labute approximate surface area is 130 Å². The molecule has 3 heterocycles. The van der Waals surface area contributed by atoms with Crippen LogP contribution in [0.15, 0.2) is 24.3 Å². The summed E-state index contributed by atoms with van der Waals surface area (Å²) in [5.74, 6) is -0.349. The SMILES string of the molecule is O=C(Cn1nnc2ccccc21)N1CC(N2C(=O)CNC2=O)C1. The highest BCUT2D eigenvalue weighted by Gasteiger charge is 2.42. The lowest BCUT2D eigenvalue weighted by Crippen LogP contribution is -2.63. The molecule has 118 valence electrons. The minimum absolute atomic E-state index is 0.0359. The molecule has 1 aromatic carbocycles. The minimum atomic E-state index is -0.380. The molecule has 0 atom stereocenters. The highest BCUT2D eigenvalue weighted by atomic mass is 16.2. The highest BCUT2D eigenvalue weighted by molar-refractivity contribution is 6.02. The second-order valence-electron chi connectivity index (χ2n) is 5.61. The Balaban J connectivity index is 1.40. The molecule has 2 aromatic rings. The zero-order valence-corrected chi connectivity index (χ0v) is 12.2. The van der Waals surface area contributed by atoms with Gasteiger partial charge in [-0.15, -0.1) is 5.10 Å². The average molecular weight is 314 g/mol. The van der Waals surface area contributed by atoms with E-state index in [-0.39, 0.29) is 37.0 Å². The summed E-state index contributed by atoms with van der Waals surface area (Å²) in [5, 5.41) is 10.5. The lowest BCUT2D eigenvalue weighted by Gasteiger charge is -2.42. The van der Waals surface area contributed by atoms with Gasteiger partial charge in [-0.1, -0.05) is 17.3 Å². The van der Waals surface area contributed by atoms with Crippen LogP contribution in [0.2, 0.25) is 0 Å². The van der Waals surface area contributed by atoms with Gasteiger partial charge < -0.3 is 10.2 Å².